The van der Waals surface area contributed by atoms with E-state index in [1.807, 2.05) is 0 Å². The van der Waals surface area contributed by atoms with Crippen molar-refractivity contribution in [3.8, 4) is 0 Å². The lowest BCUT2D eigenvalue weighted by Crippen LogP contribution is -2.29. The Bertz CT molecular complexity index is 1280. The molecule has 0 aromatic heterocycles. The van der Waals surface area contributed by atoms with Gasteiger partial charge in [0.05, 0.1) is 33.5 Å². The number of nitro groups is 1. The second-order valence-electron chi connectivity index (χ2n) is 6.80. The van der Waals surface area contributed by atoms with E-state index in [1.165, 1.54) is 36.4 Å². The van der Waals surface area contributed by atoms with Crippen LogP contribution in [0.3, 0.4) is 0 Å². The van der Waals surface area contributed by atoms with Gasteiger partial charge in [-0.15, -0.1) is 0 Å². The highest BCUT2D eigenvalue weighted by Crippen LogP contribution is 2.34. The summed E-state index contributed by atoms with van der Waals surface area (Å²) in [5, 5.41) is 13.8. The molecule has 0 radical (unpaired) electrons. The number of hydrogen-bond acceptors (Lipinski definition) is 5. The molecule has 0 atom stereocenters. The Balaban J connectivity index is 1.79. The molecule has 0 spiro atoms. The van der Waals surface area contributed by atoms with Crippen molar-refractivity contribution >= 4 is 56.2 Å². The molecule has 8 nitrogen and oxygen atoms in total. The van der Waals surface area contributed by atoms with E-state index in [0.717, 1.165) is 10.6 Å². The molecule has 3 aromatic carbocycles. The first-order valence-electron chi connectivity index (χ1n) is 9.13. The van der Waals surface area contributed by atoms with E-state index in [1.54, 1.807) is 30.3 Å². The number of anilines is 2. The van der Waals surface area contributed by atoms with Gasteiger partial charge in [-0.25, -0.2) is 8.42 Å². The van der Waals surface area contributed by atoms with Gasteiger partial charge in [-0.1, -0.05) is 47.5 Å². The summed E-state index contributed by atoms with van der Waals surface area (Å²) in [4.78, 5) is 22.8. The van der Waals surface area contributed by atoms with E-state index >= 15 is 0 Å². The number of amides is 1. The van der Waals surface area contributed by atoms with Gasteiger partial charge in [-0.2, -0.15) is 0 Å². The summed E-state index contributed by atoms with van der Waals surface area (Å²) in [6.07, 6.45) is 1.06. The number of non-ortho nitro benzene ring substituents is 1. The van der Waals surface area contributed by atoms with E-state index in [-0.39, 0.29) is 33.7 Å². The third-order valence-electron chi connectivity index (χ3n) is 4.46. The van der Waals surface area contributed by atoms with Crippen LogP contribution < -0.4 is 9.62 Å². The predicted octanol–water partition coefficient (Wildman–Crippen LogP) is 5.12. The molecule has 3 rings (SSSR count). The number of carbonyl (C=O) groups excluding carboxylic acids is 1. The molecule has 0 bridgehead atoms. The highest BCUT2D eigenvalue weighted by molar-refractivity contribution is 7.92. The summed E-state index contributed by atoms with van der Waals surface area (Å²) in [6.45, 7) is -0.0221. The fraction of sp³-hybridized carbons (Fsp3) is 0.0952. The SMILES string of the molecule is CS(=O)(=O)N(Cc1ccc(C(=O)Nc2cccc([N+](=O)[O-])c2)cc1)c1cccc(Cl)c1Cl. The Morgan fingerprint density at radius 2 is 1.72 bits per heavy atom. The van der Waals surface area contributed by atoms with Crippen molar-refractivity contribution in [1.29, 1.82) is 0 Å². The van der Waals surface area contributed by atoms with Gasteiger partial charge in [0.1, 0.15) is 0 Å². The molecule has 0 unspecified atom stereocenters. The van der Waals surface area contributed by atoms with Crippen LogP contribution in [0.15, 0.2) is 66.7 Å². The summed E-state index contributed by atoms with van der Waals surface area (Å²) in [6, 6.07) is 16.6. The van der Waals surface area contributed by atoms with Crippen LogP contribution in [0.5, 0.6) is 0 Å². The number of nitrogens with zero attached hydrogens (tertiary/aromatic N) is 2. The molecule has 0 aliphatic carbocycles. The van der Waals surface area contributed by atoms with Crippen molar-refractivity contribution in [2.75, 3.05) is 15.9 Å². The maximum absolute atomic E-state index is 12.5. The molecule has 1 amide bonds. The van der Waals surface area contributed by atoms with Gasteiger partial charge in [0, 0.05) is 23.4 Å². The van der Waals surface area contributed by atoms with Crippen molar-refractivity contribution in [3.05, 3.63) is 98.0 Å². The molecule has 166 valence electrons. The Morgan fingerprint density at radius 1 is 1.06 bits per heavy atom. The minimum absolute atomic E-state index is 0.0221. The van der Waals surface area contributed by atoms with Crippen LogP contribution in [-0.2, 0) is 16.6 Å². The third-order valence-corrected chi connectivity index (χ3v) is 6.39. The van der Waals surface area contributed by atoms with Crippen LogP contribution in [0, 0.1) is 10.1 Å². The van der Waals surface area contributed by atoms with Crippen molar-refractivity contribution < 1.29 is 18.1 Å². The highest BCUT2D eigenvalue weighted by Gasteiger charge is 2.21. The van der Waals surface area contributed by atoms with Crippen LogP contribution in [-0.4, -0.2) is 25.5 Å². The average Bonchev–Trinajstić information content (AvgIpc) is 2.74. The first-order valence-corrected chi connectivity index (χ1v) is 11.7. The molecule has 0 heterocycles. The minimum atomic E-state index is -3.68. The van der Waals surface area contributed by atoms with Crippen LogP contribution in [0.4, 0.5) is 17.1 Å². The summed E-state index contributed by atoms with van der Waals surface area (Å²) < 4.78 is 25.9. The van der Waals surface area contributed by atoms with Crippen molar-refractivity contribution in [2.24, 2.45) is 0 Å². The number of benzene rings is 3. The molecule has 0 fully saturated rings. The first kappa shape index (κ1) is 23.5. The molecule has 1 N–H and O–H groups in total. The van der Waals surface area contributed by atoms with Crippen molar-refractivity contribution in [2.45, 2.75) is 6.54 Å². The number of halogens is 2. The normalized spacial score (nSPS) is 11.1. The molecule has 0 aliphatic heterocycles. The Kier molecular flexibility index (Phi) is 7.02. The highest BCUT2D eigenvalue weighted by atomic mass is 35.5. The average molecular weight is 494 g/mol. The smallest absolute Gasteiger partial charge is 0.271 e. The van der Waals surface area contributed by atoms with E-state index in [9.17, 15) is 23.3 Å². The Morgan fingerprint density at radius 3 is 2.34 bits per heavy atom. The zero-order valence-electron chi connectivity index (χ0n) is 16.7. The summed E-state index contributed by atoms with van der Waals surface area (Å²) in [5.41, 5.74) is 1.30. The molecular formula is C21H17Cl2N3O5S. The summed E-state index contributed by atoms with van der Waals surface area (Å²) in [5.74, 6) is -0.463. The fourth-order valence-electron chi connectivity index (χ4n) is 2.89. The van der Waals surface area contributed by atoms with Crippen molar-refractivity contribution in [3.63, 3.8) is 0 Å². The molecule has 0 aliphatic rings. The maximum atomic E-state index is 12.5. The number of sulfonamides is 1. The lowest BCUT2D eigenvalue weighted by atomic mass is 10.1. The van der Waals surface area contributed by atoms with Gasteiger partial charge >= 0.3 is 0 Å². The van der Waals surface area contributed by atoms with Crippen LogP contribution >= 0.6 is 23.2 Å². The third kappa shape index (κ3) is 5.56. The monoisotopic (exact) mass is 493 g/mol. The van der Waals surface area contributed by atoms with Crippen LogP contribution in [0.2, 0.25) is 10.0 Å². The fourth-order valence-corrected chi connectivity index (χ4v) is 4.23. The predicted molar refractivity (Wildman–Crippen MR) is 125 cm³/mol. The van der Waals surface area contributed by atoms with Crippen molar-refractivity contribution in [1.82, 2.24) is 0 Å². The minimum Gasteiger partial charge on any atom is -0.322 e. The largest absolute Gasteiger partial charge is 0.322 e. The Labute approximate surface area is 194 Å². The van der Waals surface area contributed by atoms with Gasteiger partial charge in [0.15, 0.2) is 0 Å². The van der Waals surface area contributed by atoms with E-state index < -0.39 is 20.9 Å². The van der Waals surface area contributed by atoms with Gasteiger partial charge < -0.3 is 5.32 Å². The molecular weight excluding hydrogens is 477 g/mol. The van der Waals surface area contributed by atoms with Crippen LogP contribution in [0.25, 0.3) is 0 Å². The molecule has 0 saturated carbocycles. The number of hydrogen-bond donors (Lipinski definition) is 1. The van der Waals surface area contributed by atoms with E-state index in [0.29, 0.717) is 11.1 Å². The molecule has 0 saturated heterocycles. The zero-order valence-corrected chi connectivity index (χ0v) is 19.0. The lowest BCUT2D eigenvalue weighted by Gasteiger charge is -2.24. The maximum Gasteiger partial charge on any atom is 0.271 e. The topological polar surface area (TPSA) is 110 Å². The summed E-state index contributed by atoms with van der Waals surface area (Å²) in [7, 11) is -3.68. The second-order valence-corrected chi connectivity index (χ2v) is 9.49. The van der Waals surface area contributed by atoms with Gasteiger partial charge in [0.25, 0.3) is 11.6 Å². The van der Waals surface area contributed by atoms with Crippen LogP contribution in [0.1, 0.15) is 15.9 Å². The summed E-state index contributed by atoms with van der Waals surface area (Å²) >= 11 is 12.2. The second kappa shape index (κ2) is 9.56. The first-order chi connectivity index (χ1) is 15.1. The van der Waals surface area contributed by atoms with E-state index in [2.05, 4.69) is 5.32 Å². The number of nitrogens with one attached hydrogen (secondary N) is 1. The number of carbonyl (C=O) groups is 1. The molecule has 11 heteroatoms. The molecule has 32 heavy (non-hydrogen) atoms. The standard InChI is InChI=1S/C21H17Cl2N3O5S/c1-32(30,31)25(19-7-3-6-18(22)20(19)23)13-14-8-10-15(11-9-14)21(27)24-16-4-2-5-17(12-16)26(28)29/h2-12H,13H2,1H3,(H,24,27). The van der Waals surface area contributed by atoms with Gasteiger partial charge in [-0.05, 0) is 35.9 Å². The quantitative estimate of drug-likeness (QED) is 0.362. The number of rotatable bonds is 7. The van der Waals surface area contributed by atoms with Gasteiger partial charge in [0.2, 0.25) is 10.0 Å². The molecule has 3 aromatic rings. The number of nitro benzene ring substituents is 1. The lowest BCUT2D eigenvalue weighted by molar-refractivity contribution is -0.384. The van der Waals surface area contributed by atoms with Gasteiger partial charge in [-0.3, -0.25) is 19.2 Å². The Hall–Kier alpha value is -3.14. The zero-order chi connectivity index (χ0) is 23.5. The van der Waals surface area contributed by atoms with E-state index in [4.69, 9.17) is 23.2 Å².